The summed E-state index contributed by atoms with van der Waals surface area (Å²) >= 11 is 0. The van der Waals surface area contributed by atoms with Gasteiger partial charge in [-0.15, -0.1) is 0 Å². The van der Waals surface area contributed by atoms with Gasteiger partial charge in [0, 0.05) is 11.6 Å². The molecule has 1 unspecified atom stereocenters. The topological polar surface area (TPSA) is 12.0 Å². The fourth-order valence-electron chi connectivity index (χ4n) is 1.90. The van der Waals surface area contributed by atoms with Gasteiger partial charge >= 0.3 is 0 Å². The zero-order chi connectivity index (χ0) is 12.8. The lowest BCUT2D eigenvalue weighted by atomic mass is 9.96. The summed E-state index contributed by atoms with van der Waals surface area (Å²) in [7, 11) is 0. The first-order valence-corrected chi connectivity index (χ1v) is 6.23. The van der Waals surface area contributed by atoms with E-state index in [-0.39, 0.29) is 6.04 Å². The van der Waals surface area contributed by atoms with Crippen molar-refractivity contribution >= 4 is 0 Å². The van der Waals surface area contributed by atoms with Crippen molar-refractivity contribution < 1.29 is 8.78 Å². The highest BCUT2D eigenvalue weighted by Crippen LogP contribution is 2.25. The van der Waals surface area contributed by atoms with Gasteiger partial charge in [0.25, 0.3) is 0 Å². The first-order valence-electron chi connectivity index (χ1n) is 6.23. The number of hydrogen-bond acceptors (Lipinski definition) is 1. The van der Waals surface area contributed by atoms with Gasteiger partial charge in [0.15, 0.2) is 11.6 Å². The second-order valence-electron chi connectivity index (χ2n) is 4.78. The van der Waals surface area contributed by atoms with E-state index in [1.54, 1.807) is 12.1 Å². The van der Waals surface area contributed by atoms with Crippen molar-refractivity contribution in [2.45, 2.75) is 39.7 Å². The van der Waals surface area contributed by atoms with Crippen LogP contribution in [0.5, 0.6) is 0 Å². The fraction of sp³-hybridized carbons (Fsp3) is 0.571. The predicted molar refractivity (Wildman–Crippen MR) is 66.8 cm³/mol. The Bertz CT molecular complexity index is 350. The lowest BCUT2D eigenvalue weighted by Gasteiger charge is -2.21. The third-order valence-corrected chi connectivity index (χ3v) is 2.70. The number of halogens is 2. The molecule has 1 aromatic carbocycles. The summed E-state index contributed by atoms with van der Waals surface area (Å²) < 4.78 is 26.9. The van der Waals surface area contributed by atoms with Crippen LogP contribution in [0.25, 0.3) is 0 Å². The molecule has 0 aliphatic rings. The maximum absolute atomic E-state index is 13.7. The Morgan fingerprint density at radius 2 is 1.94 bits per heavy atom. The Morgan fingerprint density at radius 3 is 2.53 bits per heavy atom. The molecule has 0 saturated heterocycles. The average molecular weight is 241 g/mol. The molecular formula is C14H21F2N. The molecule has 0 aromatic heterocycles. The Balaban J connectivity index is 2.90. The van der Waals surface area contributed by atoms with Crippen LogP contribution in [0.15, 0.2) is 18.2 Å². The van der Waals surface area contributed by atoms with Crippen LogP contribution in [0.1, 0.15) is 45.2 Å². The van der Waals surface area contributed by atoms with E-state index in [1.165, 1.54) is 0 Å². The molecule has 96 valence electrons. The summed E-state index contributed by atoms with van der Waals surface area (Å²) in [6, 6.07) is 4.28. The predicted octanol–water partition coefficient (Wildman–Crippen LogP) is 4.05. The fourth-order valence-corrected chi connectivity index (χ4v) is 1.90. The lowest BCUT2D eigenvalue weighted by molar-refractivity contribution is 0.405. The minimum atomic E-state index is -0.769. The molecule has 0 aliphatic carbocycles. The molecule has 1 atom stereocenters. The van der Waals surface area contributed by atoms with Gasteiger partial charge in [-0.25, -0.2) is 8.78 Å². The molecule has 0 amide bonds. The summed E-state index contributed by atoms with van der Waals surface area (Å²) in [5.41, 5.74) is 0.437. The van der Waals surface area contributed by atoms with E-state index in [2.05, 4.69) is 26.1 Å². The summed E-state index contributed by atoms with van der Waals surface area (Å²) in [6.07, 6.45) is 1.78. The molecule has 1 aromatic rings. The van der Waals surface area contributed by atoms with Gasteiger partial charge in [0.2, 0.25) is 0 Å². The molecule has 0 radical (unpaired) electrons. The average Bonchev–Trinajstić information content (AvgIpc) is 2.28. The third kappa shape index (κ3) is 4.08. The highest BCUT2D eigenvalue weighted by atomic mass is 19.2. The molecule has 1 N–H and O–H groups in total. The van der Waals surface area contributed by atoms with Crippen molar-refractivity contribution in [2.75, 3.05) is 6.54 Å². The monoisotopic (exact) mass is 241 g/mol. The van der Waals surface area contributed by atoms with E-state index in [9.17, 15) is 8.78 Å². The lowest BCUT2D eigenvalue weighted by Crippen LogP contribution is -2.24. The molecule has 0 heterocycles. The highest BCUT2D eigenvalue weighted by Gasteiger charge is 2.18. The van der Waals surface area contributed by atoms with Crippen LogP contribution in [-0.2, 0) is 0 Å². The first-order chi connectivity index (χ1) is 8.06. The van der Waals surface area contributed by atoms with Crippen molar-refractivity contribution in [3.8, 4) is 0 Å². The van der Waals surface area contributed by atoms with E-state index in [1.807, 2.05) is 0 Å². The van der Waals surface area contributed by atoms with Crippen LogP contribution < -0.4 is 5.32 Å². The summed E-state index contributed by atoms with van der Waals surface area (Å²) in [5.74, 6) is -1.05. The maximum Gasteiger partial charge on any atom is 0.163 e. The van der Waals surface area contributed by atoms with E-state index < -0.39 is 11.6 Å². The smallest absolute Gasteiger partial charge is 0.163 e. The second-order valence-corrected chi connectivity index (χ2v) is 4.78. The largest absolute Gasteiger partial charge is 0.310 e. The van der Waals surface area contributed by atoms with Crippen LogP contribution in [0, 0.1) is 17.6 Å². The normalized spacial score (nSPS) is 13.1. The molecular weight excluding hydrogens is 220 g/mol. The van der Waals surface area contributed by atoms with E-state index in [0.717, 1.165) is 25.5 Å². The minimum Gasteiger partial charge on any atom is -0.310 e. The maximum atomic E-state index is 13.7. The molecule has 1 nitrogen and oxygen atoms in total. The third-order valence-electron chi connectivity index (χ3n) is 2.70. The Hall–Kier alpha value is -0.960. The van der Waals surface area contributed by atoms with Crippen LogP contribution >= 0.6 is 0 Å². The van der Waals surface area contributed by atoms with Gasteiger partial charge in [-0.1, -0.05) is 32.9 Å². The molecule has 0 fully saturated rings. The molecule has 0 spiro atoms. The van der Waals surface area contributed by atoms with E-state index in [0.29, 0.717) is 11.5 Å². The van der Waals surface area contributed by atoms with E-state index >= 15 is 0 Å². The standard InChI is InChI=1S/C14H21F2N/c1-4-8-17-13(9-10(2)3)11-6-5-7-12(15)14(11)16/h5-7,10,13,17H,4,8-9H2,1-3H3. The summed E-state index contributed by atoms with van der Waals surface area (Å²) in [6.45, 7) is 7.03. The molecule has 0 saturated carbocycles. The SMILES string of the molecule is CCCNC(CC(C)C)c1cccc(F)c1F. The zero-order valence-electron chi connectivity index (χ0n) is 10.8. The molecule has 0 aliphatic heterocycles. The van der Waals surface area contributed by atoms with Crippen molar-refractivity contribution in [1.29, 1.82) is 0 Å². The van der Waals surface area contributed by atoms with Crippen molar-refractivity contribution in [3.05, 3.63) is 35.4 Å². The Kier molecular flexibility index (Phi) is 5.56. The highest BCUT2D eigenvalue weighted by molar-refractivity contribution is 5.22. The van der Waals surface area contributed by atoms with Crippen molar-refractivity contribution in [1.82, 2.24) is 5.32 Å². The minimum absolute atomic E-state index is 0.106. The number of rotatable bonds is 6. The second kappa shape index (κ2) is 6.70. The van der Waals surface area contributed by atoms with Crippen LogP contribution in [0.2, 0.25) is 0 Å². The Morgan fingerprint density at radius 1 is 1.24 bits per heavy atom. The quantitative estimate of drug-likeness (QED) is 0.792. The number of benzene rings is 1. The Labute approximate surface area is 102 Å². The van der Waals surface area contributed by atoms with Crippen LogP contribution in [0.3, 0.4) is 0 Å². The van der Waals surface area contributed by atoms with Crippen molar-refractivity contribution in [3.63, 3.8) is 0 Å². The molecule has 0 bridgehead atoms. The van der Waals surface area contributed by atoms with E-state index in [4.69, 9.17) is 0 Å². The zero-order valence-corrected chi connectivity index (χ0v) is 10.8. The van der Waals surface area contributed by atoms with Gasteiger partial charge in [-0.3, -0.25) is 0 Å². The van der Waals surface area contributed by atoms with Gasteiger partial charge in [0.1, 0.15) is 0 Å². The molecule has 3 heteroatoms. The van der Waals surface area contributed by atoms with Gasteiger partial charge in [-0.2, -0.15) is 0 Å². The van der Waals surface area contributed by atoms with Gasteiger partial charge < -0.3 is 5.32 Å². The first kappa shape index (κ1) is 14.1. The molecule has 1 rings (SSSR count). The van der Waals surface area contributed by atoms with Gasteiger partial charge in [-0.05, 0) is 31.4 Å². The number of hydrogen-bond donors (Lipinski definition) is 1. The molecule has 17 heavy (non-hydrogen) atoms. The van der Waals surface area contributed by atoms with Gasteiger partial charge in [0.05, 0.1) is 0 Å². The summed E-state index contributed by atoms with van der Waals surface area (Å²) in [4.78, 5) is 0. The van der Waals surface area contributed by atoms with Crippen LogP contribution in [0.4, 0.5) is 8.78 Å². The number of nitrogens with one attached hydrogen (secondary N) is 1. The van der Waals surface area contributed by atoms with Crippen LogP contribution in [-0.4, -0.2) is 6.54 Å². The summed E-state index contributed by atoms with van der Waals surface area (Å²) in [5, 5.41) is 3.28. The van der Waals surface area contributed by atoms with Crippen molar-refractivity contribution in [2.24, 2.45) is 5.92 Å².